The number of aromatic nitrogens is 2. The van der Waals surface area contributed by atoms with Crippen LogP contribution in [0.3, 0.4) is 0 Å². The van der Waals surface area contributed by atoms with Gasteiger partial charge in [-0.15, -0.1) is 11.3 Å². The molecule has 1 saturated heterocycles. The molecule has 0 aliphatic carbocycles. The Morgan fingerprint density at radius 1 is 1.23 bits per heavy atom. The molecule has 1 fully saturated rings. The summed E-state index contributed by atoms with van der Waals surface area (Å²) in [4.78, 5) is 12.4. The summed E-state index contributed by atoms with van der Waals surface area (Å²) in [6, 6.07) is 4.22. The Bertz CT molecular complexity index is 603. The molecule has 118 valence electrons. The van der Waals surface area contributed by atoms with Gasteiger partial charge >= 0.3 is 0 Å². The van der Waals surface area contributed by atoms with Crippen molar-refractivity contribution in [2.45, 2.75) is 39.5 Å². The van der Waals surface area contributed by atoms with Crippen molar-refractivity contribution in [3.8, 4) is 0 Å². The second-order valence-electron chi connectivity index (χ2n) is 5.82. The lowest BCUT2D eigenvalue weighted by atomic mass is 10.2. The fourth-order valence-electron chi connectivity index (χ4n) is 2.69. The molecule has 1 N–H and O–H groups in total. The second-order valence-corrected chi connectivity index (χ2v) is 7.05. The zero-order chi connectivity index (χ0) is 15.5. The summed E-state index contributed by atoms with van der Waals surface area (Å²) in [5.41, 5.74) is 1.16. The Morgan fingerprint density at radius 2 is 2.00 bits per heavy atom. The molecule has 0 saturated carbocycles. The van der Waals surface area contributed by atoms with Crippen LogP contribution in [0, 0.1) is 6.92 Å². The van der Waals surface area contributed by atoms with Crippen molar-refractivity contribution in [1.29, 1.82) is 0 Å². The third-order valence-corrected chi connectivity index (χ3v) is 4.49. The molecule has 2 atom stereocenters. The normalized spacial score (nSPS) is 21.9. The molecule has 2 aromatic heterocycles. The van der Waals surface area contributed by atoms with Crippen molar-refractivity contribution in [1.82, 2.24) is 9.97 Å². The minimum Gasteiger partial charge on any atom is -0.372 e. The largest absolute Gasteiger partial charge is 0.372 e. The van der Waals surface area contributed by atoms with E-state index in [4.69, 9.17) is 4.74 Å². The summed E-state index contributed by atoms with van der Waals surface area (Å²) >= 11 is 1.67. The van der Waals surface area contributed by atoms with Gasteiger partial charge in [0.15, 0.2) is 5.13 Å². The molecule has 0 bridgehead atoms. The highest BCUT2D eigenvalue weighted by molar-refractivity contribution is 7.15. The number of morpholine rings is 1. The molecule has 0 spiro atoms. The Hall–Kier alpha value is -1.66. The number of nitrogens with one attached hydrogen (secondary N) is 1. The van der Waals surface area contributed by atoms with Gasteiger partial charge in [0.25, 0.3) is 0 Å². The number of hydrogen-bond donors (Lipinski definition) is 1. The van der Waals surface area contributed by atoms with Crippen LogP contribution in [0.5, 0.6) is 0 Å². The van der Waals surface area contributed by atoms with Crippen LogP contribution in [0.2, 0.25) is 0 Å². The highest BCUT2D eigenvalue weighted by Crippen LogP contribution is 2.20. The zero-order valence-corrected chi connectivity index (χ0v) is 14.1. The molecule has 0 amide bonds. The van der Waals surface area contributed by atoms with Crippen LogP contribution < -0.4 is 10.2 Å². The third kappa shape index (κ3) is 3.75. The summed E-state index contributed by atoms with van der Waals surface area (Å²) in [5, 5.41) is 4.28. The van der Waals surface area contributed by atoms with E-state index in [9.17, 15) is 0 Å². The van der Waals surface area contributed by atoms with Gasteiger partial charge in [-0.05, 0) is 32.4 Å². The fraction of sp³-hybridized carbons (Fsp3) is 0.500. The van der Waals surface area contributed by atoms with Crippen LogP contribution in [-0.4, -0.2) is 35.3 Å². The number of pyridine rings is 1. The van der Waals surface area contributed by atoms with Gasteiger partial charge < -0.3 is 15.0 Å². The Labute approximate surface area is 135 Å². The average molecular weight is 318 g/mol. The van der Waals surface area contributed by atoms with Crippen molar-refractivity contribution in [3.63, 3.8) is 0 Å². The van der Waals surface area contributed by atoms with Gasteiger partial charge in [0.05, 0.1) is 12.2 Å². The third-order valence-electron chi connectivity index (χ3n) is 3.62. The molecule has 2 unspecified atom stereocenters. The number of nitrogens with zero attached hydrogens (tertiary/aromatic N) is 3. The fourth-order valence-corrected chi connectivity index (χ4v) is 3.35. The smallest absolute Gasteiger partial charge is 0.183 e. The highest BCUT2D eigenvalue weighted by atomic mass is 32.1. The van der Waals surface area contributed by atoms with Crippen LogP contribution in [0.25, 0.3) is 0 Å². The maximum atomic E-state index is 5.77. The van der Waals surface area contributed by atoms with Gasteiger partial charge in [0, 0.05) is 36.9 Å². The molecule has 2 aromatic rings. The number of thiazole rings is 1. The molecule has 5 nitrogen and oxygen atoms in total. The first-order chi connectivity index (χ1) is 10.6. The average Bonchev–Trinajstić information content (AvgIpc) is 2.90. The molecule has 0 aromatic carbocycles. The summed E-state index contributed by atoms with van der Waals surface area (Å²) in [6.07, 6.45) is 4.32. The molecule has 3 heterocycles. The van der Waals surface area contributed by atoms with Gasteiger partial charge in [-0.3, -0.25) is 0 Å². The number of anilines is 2. The summed E-state index contributed by atoms with van der Waals surface area (Å²) < 4.78 is 5.77. The van der Waals surface area contributed by atoms with Crippen molar-refractivity contribution in [3.05, 3.63) is 35.0 Å². The first-order valence-electron chi connectivity index (χ1n) is 7.62. The summed E-state index contributed by atoms with van der Waals surface area (Å²) in [6.45, 7) is 8.81. The molecule has 0 radical (unpaired) electrons. The number of hydrogen-bond acceptors (Lipinski definition) is 6. The van der Waals surface area contributed by atoms with Crippen molar-refractivity contribution in [2.24, 2.45) is 0 Å². The maximum Gasteiger partial charge on any atom is 0.183 e. The summed E-state index contributed by atoms with van der Waals surface area (Å²) in [5.74, 6) is 1.02. The van der Waals surface area contributed by atoms with Crippen LogP contribution in [0.4, 0.5) is 10.9 Å². The van der Waals surface area contributed by atoms with E-state index in [1.165, 1.54) is 4.88 Å². The molecule has 6 heteroatoms. The quantitative estimate of drug-likeness (QED) is 0.939. The molecule has 22 heavy (non-hydrogen) atoms. The van der Waals surface area contributed by atoms with E-state index in [1.807, 2.05) is 12.4 Å². The minimum atomic E-state index is 0.250. The van der Waals surface area contributed by atoms with E-state index in [0.29, 0.717) is 0 Å². The Kier molecular flexibility index (Phi) is 4.59. The monoisotopic (exact) mass is 318 g/mol. The SMILES string of the molecule is Cc1cnc(NCc2ccc(N3CC(C)OC(C)C3)nc2)s1. The highest BCUT2D eigenvalue weighted by Gasteiger charge is 2.22. The van der Waals surface area contributed by atoms with E-state index in [1.54, 1.807) is 11.3 Å². The van der Waals surface area contributed by atoms with Gasteiger partial charge in [-0.1, -0.05) is 6.07 Å². The predicted octanol–water partition coefficient (Wildman–Crippen LogP) is 3.07. The van der Waals surface area contributed by atoms with Crippen LogP contribution in [0.1, 0.15) is 24.3 Å². The lowest BCUT2D eigenvalue weighted by molar-refractivity contribution is -0.00545. The number of aryl methyl sites for hydroxylation is 1. The maximum absolute atomic E-state index is 5.77. The van der Waals surface area contributed by atoms with Crippen molar-refractivity contribution < 1.29 is 4.74 Å². The van der Waals surface area contributed by atoms with E-state index >= 15 is 0 Å². The minimum absolute atomic E-state index is 0.250. The van der Waals surface area contributed by atoms with E-state index in [2.05, 4.69) is 53.1 Å². The van der Waals surface area contributed by atoms with Gasteiger partial charge in [-0.2, -0.15) is 0 Å². The lowest BCUT2D eigenvalue weighted by Gasteiger charge is -2.36. The Morgan fingerprint density at radius 3 is 2.59 bits per heavy atom. The van der Waals surface area contributed by atoms with Crippen LogP contribution in [0.15, 0.2) is 24.5 Å². The first-order valence-corrected chi connectivity index (χ1v) is 8.43. The van der Waals surface area contributed by atoms with E-state index < -0.39 is 0 Å². The number of ether oxygens (including phenoxy) is 1. The second kappa shape index (κ2) is 6.62. The van der Waals surface area contributed by atoms with E-state index in [-0.39, 0.29) is 12.2 Å². The summed E-state index contributed by atoms with van der Waals surface area (Å²) in [7, 11) is 0. The van der Waals surface area contributed by atoms with Crippen LogP contribution in [-0.2, 0) is 11.3 Å². The molecule has 3 rings (SSSR count). The predicted molar refractivity (Wildman–Crippen MR) is 90.6 cm³/mol. The van der Waals surface area contributed by atoms with Crippen molar-refractivity contribution in [2.75, 3.05) is 23.3 Å². The van der Waals surface area contributed by atoms with E-state index in [0.717, 1.165) is 36.1 Å². The lowest BCUT2D eigenvalue weighted by Crippen LogP contribution is -2.45. The standard InChI is InChI=1S/C16H22N4OS/c1-11-9-20(10-12(2)21-11)15-5-4-14(7-17-15)8-19-16-18-6-13(3)22-16/h4-7,11-12H,8-10H2,1-3H3,(H,18,19). The van der Waals surface area contributed by atoms with Crippen LogP contribution >= 0.6 is 11.3 Å². The first kappa shape index (κ1) is 15.2. The Balaban J connectivity index is 1.60. The zero-order valence-electron chi connectivity index (χ0n) is 13.2. The van der Waals surface area contributed by atoms with Gasteiger partial charge in [-0.25, -0.2) is 9.97 Å². The molecular weight excluding hydrogens is 296 g/mol. The van der Waals surface area contributed by atoms with Gasteiger partial charge in [0.2, 0.25) is 0 Å². The molecular formula is C16H22N4OS. The molecule has 1 aliphatic rings. The van der Waals surface area contributed by atoms with Gasteiger partial charge in [0.1, 0.15) is 5.82 Å². The number of rotatable bonds is 4. The molecule has 1 aliphatic heterocycles. The topological polar surface area (TPSA) is 50.3 Å². The van der Waals surface area contributed by atoms with Crippen molar-refractivity contribution >= 4 is 22.3 Å².